The van der Waals surface area contributed by atoms with E-state index in [1.165, 1.54) is 0 Å². The Morgan fingerprint density at radius 2 is 2.27 bits per heavy atom. The zero-order chi connectivity index (χ0) is 11.0. The number of aryl methyl sites for hydroxylation is 2. The van der Waals surface area contributed by atoms with Gasteiger partial charge in [0.2, 0.25) is 5.91 Å². The summed E-state index contributed by atoms with van der Waals surface area (Å²) in [7, 11) is 1.88. The van der Waals surface area contributed by atoms with E-state index in [0.29, 0.717) is 12.6 Å². The van der Waals surface area contributed by atoms with E-state index in [4.69, 9.17) is 0 Å². The third-order valence-corrected chi connectivity index (χ3v) is 2.88. The van der Waals surface area contributed by atoms with Gasteiger partial charge >= 0.3 is 0 Å². The van der Waals surface area contributed by atoms with Crippen molar-refractivity contribution >= 4 is 5.91 Å². The lowest BCUT2D eigenvalue weighted by Gasteiger charge is -2.16. The Balaban J connectivity index is 2.01. The zero-order valence-electron chi connectivity index (χ0n) is 9.53. The van der Waals surface area contributed by atoms with Crippen LogP contribution in [-0.2, 0) is 11.3 Å². The van der Waals surface area contributed by atoms with Gasteiger partial charge in [0.1, 0.15) is 6.54 Å². The molecule has 1 aromatic rings. The Bertz CT molecular complexity index is 379. The van der Waals surface area contributed by atoms with Crippen LogP contribution in [0.15, 0.2) is 6.07 Å². The molecule has 2 rings (SSSR count). The number of carbonyl (C=O) groups excluding carboxylic acids is 1. The number of amides is 1. The zero-order valence-corrected chi connectivity index (χ0v) is 9.53. The van der Waals surface area contributed by atoms with Gasteiger partial charge in [-0.3, -0.25) is 9.48 Å². The van der Waals surface area contributed by atoms with E-state index >= 15 is 0 Å². The van der Waals surface area contributed by atoms with Gasteiger partial charge in [-0.2, -0.15) is 5.10 Å². The maximum Gasteiger partial charge on any atom is 0.244 e. The maximum absolute atomic E-state index is 11.8. The predicted molar refractivity (Wildman–Crippen MR) is 57.5 cm³/mol. The summed E-state index contributed by atoms with van der Waals surface area (Å²) in [6.45, 7) is 4.29. The Kier molecular flexibility index (Phi) is 2.50. The number of hydrogen-bond acceptors (Lipinski definition) is 2. The van der Waals surface area contributed by atoms with Gasteiger partial charge in [0, 0.05) is 18.8 Å². The van der Waals surface area contributed by atoms with Crippen LogP contribution in [-0.4, -0.2) is 33.7 Å². The second-order valence-corrected chi connectivity index (χ2v) is 4.32. The summed E-state index contributed by atoms with van der Waals surface area (Å²) in [4.78, 5) is 13.7. The fourth-order valence-corrected chi connectivity index (χ4v) is 1.74. The van der Waals surface area contributed by atoms with Crippen LogP contribution in [0.2, 0.25) is 0 Å². The second-order valence-electron chi connectivity index (χ2n) is 4.32. The lowest BCUT2D eigenvalue weighted by atomic mass is 10.4. The van der Waals surface area contributed by atoms with E-state index < -0.39 is 0 Å². The van der Waals surface area contributed by atoms with Crippen molar-refractivity contribution in [3.63, 3.8) is 0 Å². The molecule has 0 aromatic carbocycles. The summed E-state index contributed by atoms with van der Waals surface area (Å²) in [5.74, 6) is 0.156. The van der Waals surface area contributed by atoms with Crippen LogP contribution in [0.4, 0.5) is 0 Å². The second kappa shape index (κ2) is 3.68. The normalized spacial score (nSPS) is 15.4. The molecule has 0 spiro atoms. The highest BCUT2D eigenvalue weighted by molar-refractivity contribution is 5.76. The molecule has 0 bridgehead atoms. The first-order valence-electron chi connectivity index (χ1n) is 5.34. The highest BCUT2D eigenvalue weighted by Gasteiger charge is 2.29. The van der Waals surface area contributed by atoms with E-state index in [1.807, 2.05) is 31.9 Å². The number of carbonyl (C=O) groups is 1. The molecule has 0 aliphatic heterocycles. The molecule has 0 unspecified atom stereocenters. The van der Waals surface area contributed by atoms with Crippen LogP contribution in [0, 0.1) is 13.8 Å². The average Bonchev–Trinajstić information content (AvgIpc) is 2.94. The van der Waals surface area contributed by atoms with Crippen molar-refractivity contribution in [2.75, 3.05) is 7.05 Å². The lowest BCUT2D eigenvalue weighted by molar-refractivity contribution is -0.131. The molecule has 0 saturated heterocycles. The van der Waals surface area contributed by atoms with Gasteiger partial charge in [0.15, 0.2) is 0 Å². The first-order valence-corrected chi connectivity index (χ1v) is 5.34. The van der Waals surface area contributed by atoms with E-state index in [1.54, 1.807) is 4.68 Å². The molecule has 15 heavy (non-hydrogen) atoms. The SMILES string of the molecule is Cc1cc(C)n(CC(=O)N(C)C2CC2)n1. The van der Waals surface area contributed by atoms with Crippen molar-refractivity contribution in [2.45, 2.75) is 39.3 Å². The smallest absolute Gasteiger partial charge is 0.244 e. The predicted octanol–water partition coefficient (Wildman–Crippen LogP) is 1.12. The first-order chi connectivity index (χ1) is 7.08. The molecule has 1 heterocycles. The third kappa shape index (κ3) is 2.19. The highest BCUT2D eigenvalue weighted by Crippen LogP contribution is 2.25. The summed E-state index contributed by atoms with van der Waals surface area (Å²) < 4.78 is 1.77. The molecule has 1 aliphatic rings. The molecule has 4 nitrogen and oxygen atoms in total. The summed E-state index contributed by atoms with van der Waals surface area (Å²) in [6.07, 6.45) is 2.30. The minimum atomic E-state index is 0.156. The Labute approximate surface area is 89.9 Å². The Hall–Kier alpha value is -1.32. The Morgan fingerprint density at radius 3 is 2.73 bits per heavy atom. The molecule has 0 atom stereocenters. The van der Waals surface area contributed by atoms with E-state index in [9.17, 15) is 4.79 Å². The largest absolute Gasteiger partial charge is 0.341 e. The van der Waals surface area contributed by atoms with Crippen molar-refractivity contribution in [2.24, 2.45) is 0 Å². The van der Waals surface area contributed by atoms with Gasteiger partial charge in [0.25, 0.3) is 0 Å². The monoisotopic (exact) mass is 207 g/mol. The molecule has 1 aromatic heterocycles. The van der Waals surface area contributed by atoms with Crippen LogP contribution in [0.5, 0.6) is 0 Å². The number of rotatable bonds is 3. The fourth-order valence-electron chi connectivity index (χ4n) is 1.74. The lowest BCUT2D eigenvalue weighted by Crippen LogP contribution is -2.32. The summed E-state index contributed by atoms with van der Waals surface area (Å²) >= 11 is 0. The summed E-state index contributed by atoms with van der Waals surface area (Å²) in [5, 5.41) is 4.28. The fraction of sp³-hybridized carbons (Fsp3) is 0.636. The number of aromatic nitrogens is 2. The molecule has 0 N–H and O–H groups in total. The number of hydrogen-bond donors (Lipinski definition) is 0. The van der Waals surface area contributed by atoms with Crippen LogP contribution in [0.3, 0.4) is 0 Å². The van der Waals surface area contributed by atoms with Gasteiger partial charge in [-0.25, -0.2) is 0 Å². The van der Waals surface area contributed by atoms with Crippen molar-refractivity contribution < 1.29 is 4.79 Å². The average molecular weight is 207 g/mol. The van der Waals surface area contributed by atoms with Crippen molar-refractivity contribution in [3.8, 4) is 0 Å². The van der Waals surface area contributed by atoms with E-state index in [-0.39, 0.29) is 5.91 Å². The Morgan fingerprint density at radius 1 is 1.60 bits per heavy atom. The van der Waals surface area contributed by atoms with Crippen LogP contribution < -0.4 is 0 Å². The van der Waals surface area contributed by atoms with Crippen molar-refractivity contribution in [1.82, 2.24) is 14.7 Å². The van der Waals surface area contributed by atoms with Gasteiger partial charge in [-0.1, -0.05) is 0 Å². The van der Waals surface area contributed by atoms with Gasteiger partial charge in [0.05, 0.1) is 5.69 Å². The van der Waals surface area contributed by atoms with Crippen molar-refractivity contribution in [3.05, 3.63) is 17.5 Å². The summed E-state index contributed by atoms with van der Waals surface area (Å²) in [6, 6.07) is 2.47. The minimum absolute atomic E-state index is 0.156. The highest BCUT2D eigenvalue weighted by atomic mass is 16.2. The topological polar surface area (TPSA) is 38.1 Å². The van der Waals surface area contributed by atoms with Gasteiger partial charge in [-0.15, -0.1) is 0 Å². The standard InChI is InChI=1S/C11H17N3O/c1-8-6-9(2)14(12-8)7-11(15)13(3)10-4-5-10/h6,10H,4-5,7H2,1-3H3. The van der Waals surface area contributed by atoms with Crippen LogP contribution in [0.25, 0.3) is 0 Å². The molecule has 82 valence electrons. The molecule has 1 aliphatic carbocycles. The quantitative estimate of drug-likeness (QED) is 0.745. The van der Waals surface area contributed by atoms with Gasteiger partial charge in [-0.05, 0) is 32.8 Å². The molecule has 1 saturated carbocycles. The molecular weight excluding hydrogens is 190 g/mol. The molecule has 1 fully saturated rings. The van der Waals surface area contributed by atoms with Crippen LogP contribution in [0.1, 0.15) is 24.2 Å². The molecular formula is C11H17N3O. The third-order valence-electron chi connectivity index (χ3n) is 2.88. The van der Waals surface area contributed by atoms with Crippen LogP contribution >= 0.6 is 0 Å². The maximum atomic E-state index is 11.8. The molecule has 1 amide bonds. The minimum Gasteiger partial charge on any atom is -0.341 e. The number of nitrogens with zero attached hydrogens (tertiary/aromatic N) is 3. The molecule has 4 heteroatoms. The first kappa shape index (κ1) is 10.2. The van der Waals surface area contributed by atoms with E-state index in [0.717, 1.165) is 24.2 Å². The number of likely N-dealkylation sites (N-methyl/N-ethyl adjacent to an activating group) is 1. The van der Waals surface area contributed by atoms with Gasteiger partial charge < -0.3 is 4.90 Å². The molecule has 0 radical (unpaired) electrons. The van der Waals surface area contributed by atoms with Crippen molar-refractivity contribution in [1.29, 1.82) is 0 Å². The summed E-state index contributed by atoms with van der Waals surface area (Å²) in [5.41, 5.74) is 2.01. The van der Waals surface area contributed by atoms with E-state index in [2.05, 4.69) is 5.10 Å².